The highest BCUT2D eigenvalue weighted by Crippen LogP contribution is 2.19. The van der Waals surface area contributed by atoms with Gasteiger partial charge in [0.1, 0.15) is 5.70 Å². The summed E-state index contributed by atoms with van der Waals surface area (Å²) in [6.07, 6.45) is 3.90. The van der Waals surface area contributed by atoms with Gasteiger partial charge in [-0.05, 0) is 44.1 Å². The van der Waals surface area contributed by atoms with Crippen LogP contribution in [0.2, 0.25) is 0 Å². The third kappa shape index (κ3) is 2.84. The fraction of sp³-hybridized carbons (Fsp3) is 0.500. The fourth-order valence-corrected chi connectivity index (χ4v) is 2.91. The summed E-state index contributed by atoms with van der Waals surface area (Å²) in [5, 5.41) is 7.70. The zero-order valence-electron chi connectivity index (χ0n) is 12.1. The number of hydrogen-bond acceptors (Lipinski definition) is 4. The van der Waals surface area contributed by atoms with E-state index in [2.05, 4.69) is 10.4 Å². The van der Waals surface area contributed by atoms with Crippen molar-refractivity contribution in [2.24, 2.45) is 7.05 Å². The molecule has 2 aliphatic rings. The van der Waals surface area contributed by atoms with Crippen molar-refractivity contribution < 1.29 is 9.53 Å². The molecule has 2 fully saturated rings. The van der Waals surface area contributed by atoms with Crippen molar-refractivity contribution in [3.8, 4) is 0 Å². The minimum absolute atomic E-state index is 0.0898. The van der Waals surface area contributed by atoms with E-state index in [-0.39, 0.29) is 12.0 Å². The molecule has 0 aliphatic carbocycles. The van der Waals surface area contributed by atoms with Crippen LogP contribution in [-0.4, -0.2) is 45.0 Å². The SMILES string of the molecule is Cc1cc(/C=C2/NC(=S)N(CC3CCCO3)C2=O)n(C)n1. The molecule has 2 aliphatic heterocycles. The number of carbonyl (C=O) groups is 1. The van der Waals surface area contributed by atoms with E-state index in [9.17, 15) is 4.79 Å². The van der Waals surface area contributed by atoms with E-state index in [1.165, 1.54) is 0 Å². The third-order valence-corrected chi connectivity index (χ3v) is 4.03. The van der Waals surface area contributed by atoms with E-state index in [0.29, 0.717) is 17.4 Å². The molecule has 1 N–H and O–H groups in total. The average Bonchev–Trinajstić information content (AvgIpc) is 3.10. The molecule has 0 spiro atoms. The molecule has 1 unspecified atom stereocenters. The zero-order chi connectivity index (χ0) is 15.0. The van der Waals surface area contributed by atoms with Crippen LogP contribution in [0.25, 0.3) is 6.08 Å². The van der Waals surface area contributed by atoms with Gasteiger partial charge in [-0.25, -0.2) is 0 Å². The van der Waals surface area contributed by atoms with Gasteiger partial charge in [-0.1, -0.05) is 0 Å². The number of aromatic nitrogens is 2. The Balaban J connectivity index is 1.77. The van der Waals surface area contributed by atoms with Crippen molar-refractivity contribution in [1.82, 2.24) is 20.0 Å². The van der Waals surface area contributed by atoms with Crippen LogP contribution in [0.15, 0.2) is 11.8 Å². The van der Waals surface area contributed by atoms with Crippen molar-refractivity contribution in [3.63, 3.8) is 0 Å². The molecule has 1 aromatic heterocycles. The van der Waals surface area contributed by atoms with Crippen molar-refractivity contribution in [2.75, 3.05) is 13.2 Å². The van der Waals surface area contributed by atoms with Gasteiger partial charge in [0.05, 0.1) is 24.0 Å². The minimum Gasteiger partial charge on any atom is -0.376 e. The van der Waals surface area contributed by atoms with Gasteiger partial charge in [-0.15, -0.1) is 0 Å². The molecular weight excluding hydrogens is 288 g/mol. The summed E-state index contributed by atoms with van der Waals surface area (Å²) < 4.78 is 7.31. The van der Waals surface area contributed by atoms with Crippen LogP contribution < -0.4 is 5.32 Å². The first kappa shape index (κ1) is 14.2. The Morgan fingerprint density at radius 3 is 3.05 bits per heavy atom. The molecule has 21 heavy (non-hydrogen) atoms. The maximum atomic E-state index is 12.4. The van der Waals surface area contributed by atoms with E-state index in [0.717, 1.165) is 30.8 Å². The lowest BCUT2D eigenvalue weighted by atomic mass is 10.2. The summed E-state index contributed by atoms with van der Waals surface area (Å²) >= 11 is 5.26. The predicted octanol–water partition coefficient (Wildman–Crippen LogP) is 0.965. The molecule has 0 bridgehead atoms. The summed E-state index contributed by atoms with van der Waals surface area (Å²) in [5.74, 6) is -0.102. The quantitative estimate of drug-likeness (QED) is 0.666. The van der Waals surface area contributed by atoms with E-state index >= 15 is 0 Å². The summed E-state index contributed by atoms with van der Waals surface area (Å²) in [6.45, 7) is 3.20. The summed E-state index contributed by atoms with van der Waals surface area (Å²) in [6, 6.07) is 1.92. The highest BCUT2D eigenvalue weighted by atomic mass is 32.1. The Morgan fingerprint density at radius 1 is 1.62 bits per heavy atom. The number of amides is 1. The molecular formula is C14H18N4O2S. The standard InChI is InChI=1S/C14H18N4O2S/c1-9-6-10(17(2)16-9)7-12-13(19)18(14(21)15-12)8-11-4-3-5-20-11/h6-7,11H,3-5,8H2,1-2H3,(H,15,21)/b12-7+. The molecule has 2 saturated heterocycles. The van der Waals surface area contributed by atoms with Gasteiger partial charge in [0.15, 0.2) is 5.11 Å². The zero-order valence-corrected chi connectivity index (χ0v) is 12.9. The van der Waals surface area contributed by atoms with Crippen molar-refractivity contribution in [3.05, 3.63) is 23.2 Å². The number of nitrogens with one attached hydrogen (secondary N) is 1. The van der Waals surface area contributed by atoms with Crippen LogP contribution in [0.4, 0.5) is 0 Å². The molecule has 6 nitrogen and oxygen atoms in total. The number of aryl methyl sites for hydroxylation is 2. The van der Waals surface area contributed by atoms with Crippen LogP contribution >= 0.6 is 12.2 Å². The number of carbonyl (C=O) groups excluding carboxylic acids is 1. The highest BCUT2D eigenvalue weighted by molar-refractivity contribution is 7.80. The van der Waals surface area contributed by atoms with E-state index in [4.69, 9.17) is 17.0 Å². The normalized spacial score (nSPS) is 24.2. The molecule has 1 amide bonds. The Hall–Kier alpha value is -1.73. The number of rotatable bonds is 3. The monoisotopic (exact) mass is 306 g/mol. The van der Waals surface area contributed by atoms with Gasteiger partial charge in [0, 0.05) is 13.7 Å². The molecule has 112 valence electrons. The van der Waals surface area contributed by atoms with Gasteiger partial charge >= 0.3 is 0 Å². The average molecular weight is 306 g/mol. The smallest absolute Gasteiger partial charge is 0.276 e. The van der Waals surface area contributed by atoms with Gasteiger partial charge in [0.2, 0.25) is 0 Å². The number of ether oxygens (including phenoxy) is 1. The van der Waals surface area contributed by atoms with Crippen LogP contribution in [0.3, 0.4) is 0 Å². The molecule has 1 atom stereocenters. The molecule has 7 heteroatoms. The first-order valence-corrected chi connectivity index (χ1v) is 7.42. The van der Waals surface area contributed by atoms with E-state index in [1.807, 2.05) is 20.0 Å². The molecule has 3 heterocycles. The maximum absolute atomic E-state index is 12.4. The molecule has 0 radical (unpaired) electrons. The lowest BCUT2D eigenvalue weighted by Gasteiger charge is -2.18. The second-order valence-electron chi connectivity index (χ2n) is 5.37. The Labute approximate surface area is 128 Å². The lowest BCUT2D eigenvalue weighted by Crippen LogP contribution is -2.37. The second-order valence-corrected chi connectivity index (χ2v) is 5.76. The third-order valence-electron chi connectivity index (χ3n) is 3.70. The fourth-order valence-electron chi connectivity index (χ4n) is 2.64. The first-order valence-electron chi connectivity index (χ1n) is 7.01. The van der Waals surface area contributed by atoms with E-state index < -0.39 is 0 Å². The number of hydrogen-bond donors (Lipinski definition) is 1. The molecule has 3 rings (SSSR count). The Morgan fingerprint density at radius 2 is 2.43 bits per heavy atom. The van der Waals surface area contributed by atoms with E-state index in [1.54, 1.807) is 15.7 Å². The minimum atomic E-state index is -0.102. The van der Waals surface area contributed by atoms with Crippen LogP contribution in [0.5, 0.6) is 0 Å². The second kappa shape index (κ2) is 5.57. The summed E-state index contributed by atoms with van der Waals surface area (Å²) in [5.41, 5.74) is 2.26. The van der Waals surface area contributed by atoms with Gasteiger partial charge in [0.25, 0.3) is 5.91 Å². The van der Waals surface area contributed by atoms with Crippen LogP contribution in [0.1, 0.15) is 24.2 Å². The Kier molecular flexibility index (Phi) is 3.77. The topological polar surface area (TPSA) is 59.4 Å². The van der Waals surface area contributed by atoms with Crippen LogP contribution in [0, 0.1) is 6.92 Å². The van der Waals surface area contributed by atoms with Crippen molar-refractivity contribution in [1.29, 1.82) is 0 Å². The Bertz CT molecular complexity index is 616. The van der Waals surface area contributed by atoms with Gasteiger partial charge in [-0.2, -0.15) is 5.10 Å². The number of thiocarbonyl (C=S) groups is 1. The largest absolute Gasteiger partial charge is 0.376 e. The number of nitrogens with zero attached hydrogens (tertiary/aromatic N) is 3. The predicted molar refractivity (Wildman–Crippen MR) is 82.3 cm³/mol. The van der Waals surface area contributed by atoms with Crippen LogP contribution in [-0.2, 0) is 16.6 Å². The lowest BCUT2D eigenvalue weighted by molar-refractivity contribution is -0.123. The van der Waals surface area contributed by atoms with Gasteiger partial charge in [-0.3, -0.25) is 14.4 Å². The summed E-state index contributed by atoms with van der Waals surface area (Å²) in [4.78, 5) is 14.0. The summed E-state index contributed by atoms with van der Waals surface area (Å²) in [7, 11) is 1.85. The maximum Gasteiger partial charge on any atom is 0.276 e. The highest BCUT2D eigenvalue weighted by Gasteiger charge is 2.33. The molecule has 1 aromatic rings. The molecule has 0 saturated carbocycles. The van der Waals surface area contributed by atoms with Gasteiger partial charge < -0.3 is 10.1 Å². The van der Waals surface area contributed by atoms with Crippen molar-refractivity contribution in [2.45, 2.75) is 25.9 Å². The first-order chi connectivity index (χ1) is 10.0. The van der Waals surface area contributed by atoms with Crippen molar-refractivity contribution >= 4 is 29.3 Å². The molecule has 0 aromatic carbocycles.